The molecular weight excluding hydrogens is 382 g/mol. The van der Waals surface area contributed by atoms with Crippen LogP contribution >= 0.6 is 11.8 Å². The Balaban J connectivity index is 1.81. The molecule has 0 amide bonds. The molecule has 0 spiro atoms. The van der Waals surface area contributed by atoms with Gasteiger partial charge in [0.25, 0.3) is 0 Å². The second kappa shape index (κ2) is 8.70. The zero-order valence-electron chi connectivity index (χ0n) is 15.2. The summed E-state index contributed by atoms with van der Waals surface area (Å²) in [4.78, 5) is 46.8. The molecule has 0 aliphatic rings. The molecule has 146 valence electrons. The molecular formula is C18H19N5O4S. The van der Waals surface area contributed by atoms with Crippen molar-refractivity contribution in [2.75, 3.05) is 18.1 Å². The summed E-state index contributed by atoms with van der Waals surface area (Å²) in [6, 6.07) is 9.47. The number of aromatic nitrogens is 4. The van der Waals surface area contributed by atoms with Crippen LogP contribution in [0.25, 0.3) is 11.2 Å². The largest absolute Gasteiger partial charge is 0.466 e. The fraction of sp³-hybridized carbons (Fsp3) is 0.278. The summed E-state index contributed by atoms with van der Waals surface area (Å²) in [5.74, 6) is -0.751. The minimum Gasteiger partial charge on any atom is -0.466 e. The van der Waals surface area contributed by atoms with Gasteiger partial charge in [-0.2, -0.15) is 0 Å². The number of Topliss-reactive ketones (excluding diaryl/α,β-unsaturated/α-hetero) is 1. The Kier molecular flexibility index (Phi) is 6.09. The number of rotatable bonds is 8. The van der Waals surface area contributed by atoms with E-state index in [0.29, 0.717) is 17.7 Å². The lowest BCUT2D eigenvalue weighted by atomic mass is 10.2. The molecule has 2 aromatic heterocycles. The van der Waals surface area contributed by atoms with Gasteiger partial charge in [-0.15, -0.1) is 0 Å². The minimum atomic E-state index is -0.564. The highest BCUT2D eigenvalue weighted by molar-refractivity contribution is 7.99. The zero-order chi connectivity index (χ0) is 20.1. The van der Waals surface area contributed by atoms with E-state index < -0.39 is 5.97 Å². The van der Waals surface area contributed by atoms with Crippen molar-refractivity contribution in [2.45, 2.75) is 25.0 Å². The molecule has 0 saturated carbocycles. The van der Waals surface area contributed by atoms with Crippen molar-refractivity contribution < 1.29 is 14.3 Å². The van der Waals surface area contributed by atoms with Crippen molar-refractivity contribution >= 4 is 40.5 Å². The van der Waals surface area contributed by atoms with Crippen LogP contribution in [0.3, 0.4) is 0 Å². The summed E-state index contributed by atoms with van der Waals surface area (Å²) in [7, 11) is 0. The summed E-state index contributed by atoms with van der Waals surface area (Å²) >= 11 is 1.05. The van der Waals surface area contributed by atoms with Crippen molar-refractivity contribution in [3.05, 3.63) is 46.4 Å². The zero-order valence-corrected chi connectivity index (χ0v) is 16.0. The summed E-state index contributed by atoms with van der Waals surface area (Å²) < 4.78 is 6.22. The van der Waals surface area contributed by atoms with E-state index in [1.165, 1.54) is 4.57 Å². The number of ketones is 1. The maximum Gasteiger partial charge on any atom is 0.328 e. The smallest absolute Gasteiger partial charge is 0.328 e. The molecule has 0 unspecified atom stereocenters. The molecule has 0 aliphatic carbocycles. The average molecular weight is 401 g/mol. The van der Waals surface area contributed by atoms with Crippen LogP contribution in [0.4, 0.5) is 5.82 Å². The van der Waals surface area contributed by atoms with E-state index in [2.05, 4.69) is 15.0 Å². The number of carbonyl (C=O) groups excluding carboxylic acids is 2. The second-order valence-electron chi connectivity index (χ2n) is 5.90. The summed E-state index contributed by atoms with van der Waals surface area (Å²) in [6.45, 7) is 2.22. The number of aromatic amines is 1. The third kappa shape index (κ3) is 4.58. The Bertz CT molecular complexity index is 1060. The third-order valence-corrected chi connectivity index (χ3v) is 4.73. The average Bonchev–Trinajstić information content (AvgIpc) is 2.97. The van der Waals surface area contributed by atoms with E-state index in [-0.39, 0.29) is 41.2 Å². The molecule has 10 heteroatoms. The Hall–Kier alpha value is -3.14. The number of nitrogens with zero attached hydrogens (tertiary/aromatic N) is 3. The van der Waals surface area contributed by atoms with Crippen molar-refractivity contribution in [1.82, 2.24) is 19.5 Å². The fourth-order valence-corrected chi connectivity index (χ4v) is 3.28. The minimum absolute atomic E-state index is 0.00288. The Morgan fingerprint density at radius 1 is 1.25 bits per heavy atom. The molecule has 1 aromatic carbocycles. The number of hydrogen-bond acceptors (Lipinski definition) is 8. The molecule has 0 radical (unpaired) electrons. The molecule has 3 rings (SSSR count). The summed E-state index contributed by atoms with van der Waals surface area (Å²) in [5, 5.41) is 0.253. The maximum atomic E-state index is 12.3. The number of nitrogen functional groups attached to an aromatic ring is 1. The van der Waals surface area contributed by atoms with Crippen LogP contribution in [0.15, 0.2) is 40.3 Å². The van der Waals surface area contributed by atoms with Gasteiger partial charge in [0.15, 0.2) is 22.4 Å². The Labute approximate surface area is 164 Å². The molecule has 2 heterocycles. The predicted molar refractivity (Wildman–Crippen MR) is 105 cm³/mol. The lowest BCUT2D eigenvalue weighted by Crippen LogP contribution is -2.17. The van der Waals surface area contributed by atoms with Crippen LogP contribution in [0.2, 0.25) is 0 Å². The number of imidazole rings is 1. The van der Waals surface area contributed by atoms with Gasteiger partial charge in [-0.05, 0) is 12.5 Å². The normalized spacial score (nSPS) is 10.9. The highest BCUT2D eigenvalue weighted by Crippen LogP contribution is 2.21. The van der Waals surface area contributed by atoms with Crippen LogP contribution in [-0.4, -0.2) is 43.6 Å². The van der Waals surface area contributed by atoms with E-state index in [9.17, 15) is 14.4 Å². The lowest BCUT2D eigenvalue weighted by Gasteiger charge is -2.05. The number of nitrogens with one attached hydrogen (secondary N) is 1. The monoisotopic (exact) mass is 401 g/mol. The SMILES string of the molecule is CCOC(=O)CC(=O)CSc1nc(N)c2[nH]c(=O)n(Cc3ccccc3)c2n1. The van der Waals surface area contributed by atoms with Gasteiger partial charge >= 0.3 is 11.7 Å². The highest BCUT2D eigenvalue weighted by atomic mass is 32.2. The number of esters is 1. The number of benzene rings is 1. The van der Waals surface area contributed by atoms with Gasteiger partial charge in [-0.25, -0.2) is 14.8 Å². The van der Waals surface area contributed by atoms with E-state index in [4.69, 9.17) is 10.5 Å². The molecule has 3 aromatic rings. The number of H-pyrrole nitrogens is 1. The van der Waals surface area contributed by atoms with Crippen molar-refractivity contribution in [1.29, 1.82) is 0 Å². The number of ether oxygens (including phenoxy) is 1. The summed E-state index contributed by atoms with van der Waals surface area (Å²) in [6.07, 6.45) is -0.304. The highest BCUT2D eigenvalue weighted by Gasteiger charge is 2.16. The maximum absolute atomic E-state index is 12.3. The number of anilines is 1. The van der Waals surface area contributed by atoms with Crippen LogP contribution in [-0.2, 0) is 20.9 Å². The van der Waals surface area contributed by atoms with E-state index in [1.54, 1.807) is 6.92 Å². The van der Waals surface area contributed by atoms with Gasteiger partial charge in [-0.3, -0.25) is 14.2 Å². The number of carbonyl (C=O) groups is 2. The van der Waals surface area contributed by atoms with Gasteiger partial charge in [0.1, 0.15) is 11.9 Å². The van der Waals surface area contributed by atoms with Crippen molar-refractivity contribution in [3.63, 3.8) is 0 Å². The number of thioether (sulfide) groups is 1. The first-order chi connectivity index (χ1) is 13.5. The molecule has 0 saturated heterocycles. The third-order valence-electron chi connectivity index (χ3n) is 3.82. The molecule has 3 N–H and O–H groups in total. The Morgan fingerprint density at radius 3 is 2.71 bits per heavy atom. The van der Waals surface area contributed by atoms with Crippen LogP contribution in [0.1, 0.15) is 18.9 Å². The van der Waals surface area contributed by atoms with Crippen molar-refractivity contribution in [2.24, 2.45) is 0 Å². The molecule has 0 atom stereocenters. The number of nitrogens with two attached hydrogens (primary N) is 1. The van der Waals surface area contributed by atoms with Gasteiger partial charge in [0.05, 0.1) is 18.9 Å². The van der Waals surface area contributed by atoms with Gasteiger partial charge in [0, 0.05) is 0 Å². The van der Waals surface area contributed by atoms with Crippen LogP contribution in [0.5, 0.6) is 0 Å². The number of hydrogen-bond donors (Lipinski definition) is 2. The lowest BCUT2D eigenvalue weighted by molar-refractivity contribution is -0.145. The molecule has 28 heavy (non-hydrogen) atoms. The first-order valence-electron chi connectivity index (χ1n) is 8.58. The van der Waals surface area contributed by atoms with Crippen LogP contribution < -0.4 is 11.4 Å². The topological polar surface area (TPSA) is 133 Å². The predicted octanol–water partition coefficient (Wildman–Crippen LogP) is 1.36. The van der Waals surface area contributed by atoms with E-state index >= 15 is 0 Å². The van der Waals surface area contributed by atoms with E-state index in [0.717, 1.165) is 17.3 Å². The molecule has 0 aliphatic heterocycles. The first kappa shape index (κ1) is 19.6. The molecule has 0 bridgehead atoms. The van der Waals surface area contributed by atoms with Crippen LogP contribution in [0, 0.1) is 0 Å². The molecule has 0 fully saturated rings. The van der Waals surface area contributed by atoms with Gasteiger partial charge in [-0.1, -0.05) is 42.1 Å². The first-order valence-corrected chi connectivity index (χ1v) is 9.56. The second-order valence-corrected chi connectivity index (χ2v) is 6.84. The quantitative estimate of drug-likeness (QED) is 0.250. The van der Waals surface area contributed by atoms with Crippen molar-refractivity contribution in [3.8, 4) is 0 Å². The molecule has 9 nitrogen and oxygen atoms in total. The van der Waals surface area contributed by atoms with Gasteiger partial charge in [0.2, 0.25) is 0 Å². The summed E-state index contributed by atoms with van der Waals surface area (Å²) in [5.41, 5.74) is 7.25. The standard InChI is InChI=1S/C18H19N5O4S/c1-2-27-13(25)8-12(24)10-28-17-21-15(19)14-16(22-17)23(18(26)20-14)9-11-6-4-3-5-7-11/h3-7H,2,8-10H2,1H3,(H,20,26)(H2,19,21,22). The fourth-order valence-electron chi connectivity index (χ4n) is 2.58. The number of fused-ring (bicyclic) bond motifs is 1. The van der Waals surface area contributed by atoms with E-state index in [1.807, 2.05) is 30.3 Å². The Morgan fingerprint density at radius 2 is 2.00 bits per heavy atom. The van der Waals surface area contributed by atoms with Gasteiger partial charge < -0.3 is 15.5 Å².